The van der Waals surface area contributed by atoms with E-state index in [0.717, 1.165) is 0 Å². The fourth-order valence-electron chi connectivity index (χ4n) is 0.123. The van der Waals surface area contributed by atoms with Crippen LogP contribution in [0.25, 0.3) is 0 Å². The topological polar surface area (TPSA) is 107 Å². The van der Waals surface area contributed by atoms with E-state index in [1.54, 1.807) is 0 Å². The summed E-state index contributed by atoms with van der Waals surface area (Å²) in [6.07, 6.45) is 0. The Labute approximate surface area is 93.5 Å². The zero-order valence-corrected chi connectivity index (χ0v) is 4.52. The van der Waals surface area contributed by atoms with Gasteiger partial charge in [0.2, 0.25) is 0 Å². The molecule has 0 heterocycles. The average molecular weight is 184 g/mol. The molecule has 0 spiro atoms. The van der Waals surface area contributed by atoms with Crippen LogP contribution < -0.4 is 0 Å². The molecule has 0 fully saturated rings. The van der Waals surface area contributed by atoms with Crippen molar-refractivity contribution in [2.75, 3.05) is 0 Å². The van der Waals surface area contributed by atoms with Crippen LogP contribution in [0.5, 0.6) is 0 Å². The van der Waals surface area contributed by atoms with Gasteiger partial charge in [-0.3, -0.25) is 0 Å². The minimum absolute atomic E-state index is 0. The van der Waals surface area contributed by atoms with Gasteiger partial charge < -0.3 is 20.0 Å². The molecule has 52 valence electrons. The van der Waals surface area contributed by atoms with Crippen LogP contribution in [0, 0.1) is 0 Å². The van der Waals surface area contributed by atoms with Gasteiger partial charge >= 0.3 is 59.2 Å². The molecule has 0 aromatic heterocycles. The molecule has 0 aliphatic carbocycles. The van der Waals surface area contributed by atoms with Crippen LogP contribution >= 0.6 is 7.82 Å². The summed E-state index contributed by atoms with van der Waals surface area (Å²) in [5, 5.41) is 15.5. The molecular formula is CH6KO6P. The number of hydrogen-bond acceptors (Lipinski definition) is 4. The van der Waals surface area contributed by atoms with Crippen molar-refractivity contribution >= 4 is 59.2 Å². The Morgan fingerprint density at radius 3 is 1.67 bits per heavy atom. The Bertz CT molecular complexity index is 106. The van der Waals surface area contributed by atoms with Crippen LogP contribution in [0.2, 0.25) is 0 Å². The Morgan fingerprint density at radius 1 is 1.33 bits per heavy atom. The molecule has 0 unspecified atom stereocenters. The van der Waals surface area contributed by atoms with E-state index >= 15 is 0 Å². The first-order chi connectivity index (χ1) is 3.42. The Hall–Kier alpha value is 1.67. The maximum absolute atomic E-state index is 9.59. The van der Waals surface area contributed by atoms with Gasteiger partial charge in [-0.15, -0.1) is 0 Å². The van der Waals surface area contributed by atoms with Gasteiger partial charge in [-0.05, 0) is 0 Å². The van der Waals surface area contributed by atoms with E-state index in [-0.39, 0.29) is 51.4 Å². The molecule has 0 rings (SSSR count). The zero-order chi connectivity index (χ0) is 6.78. The van der Waals surface area contributed by atoms with E-state index in [9.17, 15) is 4.57 Å². The molecule has 0 radical (unpaired) electrons. The number of phosphoric ester groups is 1. The second-order valence-corrected chi connectivity index (χ2v) is 2.11. The van der Waals surface area contributed by atoms with Crippen molar-refractivity contribution in [1.29, 1.82) is 0 Å². The van der Waals surface area contributed by atoms with E-state index in [4.69, 9.17) is 20.0 Å². The Balaban J connectivity index is 0. The number of rotatable bonds is 2. The summed E-state index contributed by atoms with van der Waals surface area (Å²) >= 11 is 0. The van der Waals surface area contributed by atoms with Crippen LogP contribution in [0.3, 0.4) is 0 Å². The van der Waals surface area contributed by atoms with Crippen molar-refractivity contribution in [2.45, 2.75) is 6.48 Å². The fourth-order valence-corrected chi connectivity index (χ4v) is 0.368. The summed E-state index contributed by atoms with van der Waals surface area (Å²) in [5.74, 6) is 0. The van der Waals surface area contributed by atoms with Gasteiger partial charge in [-0.2, -0.15) is 0 Å². The van der Waals surface area contributed by atoms with Crippen LogP contribution in [0.15, 0.2) is 0 Å². The molecule has 0 saturated carbocycles. The van der Waals surface area contributed by atoms with Crippen molar-refractivity contribution in [3.63, 3.8) is 0 Å². The second-order valence-electron chi connectivity index (χ2n) is 0.922. The van der Waals surface area contributed by atoms with Gasteiger partial charge in [0, 0.05) is 0 Å². The number of hydrogen-bond donors (Lipinski definition) is 4. The Kier molecular flexibility index (Phi) is 7.86. The summed E-state index contributed by atoms with van der Waals surface area (Å²) in [6.45, 7) is -2.42. The normalized spacial score (nSPS) is 11.2. The van der Waals surface area contributed by atoms with E-state index < -0.39 is 14.3 Å². The molecule has 4 N–H and O–H groups in total. The molecule has 0 aliphatic rings. The third kappa shape index (κ3) is 12.8. The molecule has 0 atom stereocenters. The first-order valence-corrected chi connectivity index (χ1v) is 3.05. The monoisotopic (exact) mass is 184 g/mol. The quantitative estimate of drug-likeness (QED) is 0.219. The number of aliphatic hydroxyl groups excluding tert-OH is 1. The number of phosphoric acid groups is 1. The summed E-state index contributed by atoms with van der Waals surface area (Å²) in [4.78, 5) is 15.5. The molecule has 0 aromatic rings. The average Bonchev–Trinajstić information content (AvgIpc) is 1.21. The number of aliphatic hydroxyl groups is 2. The van der Waals surface area contributed by atoms with Gasteiger partial charge in [0.05, 0.1) is 0 Å². The van der Waals surface area contributed by atoms with Gasteiger partial charge in [0.25, 0.3) is 6.48 Å². The Morgan fingerprint density at radius 2 is 1.67 bits per heavy atom. The van der Waals surface area contributed by atoms with Crippen molar-refractivity contribution in [1.82, 2.24) is 0 Å². The summed E-state index contributed by atoms with van der Waals surface area (Å²) in [5.41, 5.74) is 0. The molecular weight excluding hydrogens is 178 g/mol. The van der Waals surface area contributed by atoms with Crippen LogP contribution in [0.4, 0.5) is 0 Å². The van der Waals surface area contributed by atoms with Gasteiger partial charge in [-0.25, -0.2) is 9.09 Å². The molecule has 0 amide bonds. The van der Waals surface area contributed by atoms with E-state index in [1.807, 2.05) is 0 Å². The maximum atomic E-state index is 9.59. The third-order valence-electron chi connectivity index (χ3n) is 0.232. The molecule has 0 bridgehead atoms. The second kappa shape index (κ2) is 5.33. The van der Waals surface area contributed by atoms with Gasteiger partial charge in [0.15, 0.2) is 0 Å². The van der Waals surface area contributed by atoms with E-state index in [2.05, 4.69) is 4.52 Å². The third-order valence-corrected chi connectivity index (χ3v) is 0.695. The first kappa shape index (κ1) is 13.3. The van der Waals surface area contributed by atoms with Gasteiger partial charge in [0.1, 0.15) is 0 Å². The van der Waals surface area contributed by atoms with Crippen molar-refractivity contribution < 1.29 is 29.1 Å². The predicted molar refractivity (Wildman–Crippen MR) is 28.5 cm³/mol. The molecule has 0 aliphatic heterocycles. The SMILES string of the molecule is O=P(O)(O)OC(O)O.[KH]. The van der Waals surface area contributed by atoms with Crippen LogP contribution in [0.1, 0.15) is 0 Å². The zero-order valence-electron chi connectivity index (χ0n) is 3.63. The van der Waals surface area contributed by atoms with Gasteiger partial charge in [-0.1, -0.05) is 0 Å². The van der Waals surface area contributed by atoms with Crippen molar-refractivity contribution in [3.8, 4) is 0 Å². The van der Waals surface area contributed by atoms with Crippen molar-refractivity contribution in [2.24, 2.45) is 0 Å². The molecule has 0 aromatic carbocycles. The molecule has 0 saturated heterocycles. The summed E-state index contributed by atoms with van der Waals surface area (Å²) in [6, 6.07) is 0. The minimum atomic E-state index is -4.72. The first-order valence-electron chi connectivity index (χ1n) is 1.52. The summed E-state index contributed by atoms with van der Waals surface area (Å²) in [7, 11) is -4.72. The standard InChI is InChI=1S/CH5O6P.K.H/c2-1(3)7-8(4,5)6;;/h1-3H,(H2,4,5,6);;. The van der Waals surface area contributed by atoms with Crippen LogP contribution in [-0.2, 0) is 9.09 Å². The van der Waals surface area contributed by atoms with Crippen LogP contribution in [-0.4, -0.2) is 77.9 Å². The molecule has 9 heavy (non-hydrogen) atoms. The molecule has 6 nitrogen and oxygen atoms in total. The van der Waals surface area contributed by atoms with E-state index in [0.29, 0.717) is 0 Å². The summed E-state index contributed by atoms with van der Waals surface area (Å²) < 4.78 is 12.8. The molecule has 8 heteroatoms. The predicted octanol–water partition coefficient (Wildman–Crippen LogP) is -2.28. The van der Waals surface area contributed by atoms with E-state index in [1.165, 1.54) is 0 Å². The van der Waals surface area contributed by atoms with Crippen molar-refractivity contribution in [3.05, 3.63) is 0 Å². The fraction of sp³-hybridized carbons (Fsp3) is 1.00.